The van der Waals surface area contributed by atoms with Crippen molar-refractivity contribution in [2.24, 2.45) is 0 Å². The van der Waals surface area contributed by atoms with Gasteiger partial charge >= 0.3 is 5.69 Å². The molecule has 0 fully saturated rings. The molecular weight excluding hydrogens is 430 g/mol. The van der Waals surface area contributed by atoms with Crippen LogP contribution in [0.5, 0.6) is 0 Å². The number of hydrogen-bond acceptors (Lipinski definition) is 4. The molecule has 0 atom stereocenters. The molecule has 4 aromatic rings. The van der Waals surface area contributed by atoms with Crippen LogP contribution in [0.3, 0.4) is 0 Å². The zero-order chi connectivity index (χ0) is 24.1. The molecular formula is C27H27N3O4. The Morgan fingerprint density at radius 2 is 1.59 bits per heavy atom. The summed E-state index contributed by atoms with van der Waals surface area (Å²) in [6.07, 6.45) is 0.203. The van der Waals surface area contributed by atoms with Crippen LogP contribution in [-0.2, 0) is 22.5 Å². The molecule has 0 aliphatic heterocycles. The summed E-state index contributed by atoms with van der Waals surface area (Å²) in [7, 11) is 1.58. The van der Waals surface area contributed by atoms with Gasteiger partial charge in [-0.1, -0.05) is 54.1 Å². The Bertz CT molecular complexity index is 1420. The molecule has 0 aliphatic carbocycles. The highest BCUT2D eigenvalue weighted by Gasteiger charge is 2.15. The number of benzene rings is 3. The molecule has 0 bridgehead atoms. The number of rotatable bonds is 8. The third-order valence-electron chi connectivity index (χ3n) is 5.70. The lowest BCUT2D eigenvalue weighted by Crippen LogP contribution is -2.39. The number of carbonyl (C=O) groups excluding carboxylic acids is 1. The lowest BCUT2D eigenvalue weighted by Gasteiger charge is -2.15. The highest BCUT2D eigenvalue weighted by Crippen LogP contribution is 2.14. The van der Waals surface area contributed by atoms with Crippen molar-refractivity contribution in [2.75, 3.05) is 20.3 Å². The number of aryl methyl sites for hydroxylation is 1. The van der Waals surface area contributed by atoms with Crippen LogP contribution in [0.2, 0.25) is 0 Å². The molecule has 1 aromatic heterocycles. The van der Waals surface area contributed by atoms with E-state index in [2.05, 4.69) is 5.32 Å². The van der Waals surface area contributed by atoms with Gasteiger partial charge in [0.15, 0.2) is 0 Å². The fourth-order valence-electron chi connectivity index (χ4n) is 3.88. The van der Waals surface area contributed by atoms with Gasteiger partial charge in [0.1, 0.15) is 0 Å². The van der Waals surface area contributed by atoms with Crippen LogP contribution in [0.1, 0.15) is 16.7 Å². The molecule has 1 amide bonds. The average molecular weight is 458 g/mol. The van der Waals surface area contributed by atoms with Crippen LogP contribution >= 0.6 is 0 Å². The summed E-state index contributed by atoms with van der Waals surface area (Å²) in [4.78, 5) is 38.9. The minimum atomic E-state index is -0.408. The lowest BCUT2D eigenvalue weighted by molar-refractivity contribution is -0.120. The molecule has 0 spiro atoms. The molecule has 0 unspecified atom stereocenters. The SMILES string of the molecule is COCCNC(=O)Cc1ccc(-n2c(=O)c3ccccc3n(Cc3ccc(C)cc3)c2=O)cc1. The first-order chi connectivity index (χ1) is 16.5. The first-order valence-electron chi connectivity index (χ1n) is 11.1. The fourth-order valence-corrected chi connectivity index (χ4v) is 3.88. The van der Waals surface area contributed by atoms with Gasteiger partial charge in [-0.2, -0.15) is 0 Å². The maximum absolute atomic E-state index is 13.5. The zero-order valence-electron chi connectivity index (χ0n) is 19.3. The van der Waals surface area contributed by atoms with Gasteiger partial charge in [-0.25, -0.2) is 9.36 Å². The Morgan fingerprint density at radius 1 is 0.912 bits per heavy atom. The number of ether oxygens (including phenoxy) is 1. The number of aromatic nitrogens is 2. The van der Waals surface area contributed by atoms with E-state index in [1.807, 2.05) is 37.3 Å². The summed E-state index contributed by atoms with van der Waals surface area (Å²) in [6, 6.07) is 22.0. The third-order valence-corrected chi connectivity index (χ3v) is 5.70. The van der Waals surface area contributed by atoms with Gasteiger partial charge in [0, 0.05) is 13.7 Å². The molecule has 7 heteroatoms. The second-order valence-electron chi connectivity index (χ2n) is 8.20. The summed E-state index contributed by atoms with van der Waals surface area (Å²) < 4.78 is 7.75. The van der Waals surface area contributed by atoms with E-state index >= 15 is 0 Å². The number of methoxy groups -OCH3 is 1. The fraction of sp³-hybridized carbons (Fsp3) is 0.222. The van der Waals surface area contributed by atoms with Gasteiger partial charge in [0.25, 0.3) is 5.56 Å². The maximum Gasteiger partial charge on any atom is 0.336 e. The summed E-state index contributed by atoms with van der Waals surface area (Å²) in [5.74, 6) is -0.117. The van der Waals surface area contributed by atoms with Crippen molar-refractivity contribution in [1.29, 1.82) is 0 Å². The van der Waals surface area contributed by atoms with Crippen molar-refractivity contribution in [3.8, 4) is 5.69 Å². The van der Waals surface area contributed by atoms with Crippen LogP contribution < -0.4 is 16.6 Å². The van der Waals surface area contributed by atoms with E-state index in [0.29, 0.717) is 36.3 Å². The molecule has 0 saturated heterocycles. The lowest BCUT2D eigenvalue weighted by atomic mass is 10.1. The van der Waals surface area contributed by atoms with E-state index < -0.39 is 5.69 Å². The topological polar surface area (TPSA) is 82.3 Å². The Hall–Kier alpha value is -3.97. The van der Waals surface area contributed by atoms with E-state index in [1.54, 1.807) is 54.1 Å². The molecule has 0 saturated carbocycles. The van der Waals surface area contributed by atoms with Crippen LogP contribution in [-0.4, -0.2) is 35.3 Å². The Labute approximate surface area is 197 Å². The van der Waals surface area contributed by atoms with Crippen molar-refractivity contribution < 1.29 is 9.53 Å². The van der Waals surface area contributed by atoms with Crippen molar-refractivity contribution in [1.82, 2.24) is 14.5 Å². The molecule has 174 valence electrons. The van der Waals surface area contributed by atoms with Gasteiger partial charge in [0.05, 0.1) is 36.2 Å². The number of carbonyl (C=O) groups is 1. The summed E-state index contributed by atoms with van der Waals surface area (Å²) >= 11 is 0. The molecule has 1 N–H and O–H groups in total. The Kier molecular flexibility index (Phi) is 7.04. The van der Waals surface area contributed by atoms with Gasteiger partial charge < -0.3 is 10.1 Å². The van der Waals surface area contributed by atoms with E-state index in [9.17, 15) is 14.4 Å². The first kappa shape index (κ1) is 23.2. The number of hydrogen-bond donors (Lipinski definition) is 1. The highest BCUT2D eigenvalue weighted by atomic mass is 16.5. The van der Waals surface area contributed by atoms with Gasteiger partial charge in [0.2, 0.25) is 5.91 Å². The van der Waals surface area contributed by atoms with Gasteiger partial charge in [-0.3, -0.25) is 14.2 Å². The quantitative estimate of drug-likeness (QED) is 0.413. The molecule has 1 heterocycles. The monoisotopic (exact) mass is 457 g/mol. The standard InChI is InChI=1S/C27H27N3O4/c1-19-7-9-21(10-8-19)18-29-24-6-4-3-5-23(24)26(32)30(27(29)33)22-13-11-20(12-14-22)17-25(31)28-15-16-34-2/h3-14H,15-18H2,1-2H3,(H,28,31). The Balaban J connectivity index is 1.71. The summed E-state index contributed by atoms with van der Waals surface area (Å²) in [6.45, 7) is 3.25. The first-order valence-corrected chi connectivity index (χ1v) is 11.1. The second-order valence-corrected chi connectivity index (χ2v) is 8.20. The highest BCUT2D eigenvalue weighted by molar-refractivity contribution is 5.79. The van der Waals surface area contributed by atoms with Crippen molar-refractivity contribution in [3.05, 3.63) is 110 Å². The van der Waals surface area contributed by atoms with Crippen LogP contribution in [0.4, 0.5) is 0 Å². The van der Waals surface area contributed by atoms with Gasteiger partial charge in [-0.05, 0) is 42.3 Å². The number of nitrogens with zero attached hydrogens (tertiary/aromatic N) is 2. The molecule has 0 radical (unpaired) electrons. The van der Waals surface area contributed by atoms with Crippen molar-refractivity contribution in [3.63, 3.8) is 0 Å². The maximum atomic E-state index is 13.5. The third kappa shape index (κ3) is 5.00. The number of nitrogens with one attached hydrogen (secondary N) is 1. The number of fused-ring (bicyclic) bond motifs is 1. The van der Waals surface area contributed by atoms with Gasteiger partial charge in [-0.15, -0.1) is 0 Å². The molecule has 7 nitrogen and oxygen atoms in total. The summed E-state index contributed by atoms with van der Waals surface area (Å²) in [5.41, 5.74) is 3.17. The van der Waals surface area contributed by atoms with E-state index in [1.165, 1.54) is 4.57 Å². The number of amides is 1. The van der Waals surface area contributed by atoms with Crippen molar-refractivity contribution >= 4 is 16.8 Å². The molecule has 0 aliphatic rings. The van der Waals surface area contributed by atoms with Crippen molar-refractivity contribution in [2.45, 2.75) is 19.9 Å². The molecule has 3 aromatic carbocycles. The summed E-state index contributed by atoms with van der Waals surface area (Å²) in [5, 5.41) is 3.25. The smallest absolute Gasteiger partial charge is 0.336 e. The second kappa shape index (κ2) is 10.3. The normalized spacial score (nSPS) is 11.0. The largest absolute Gasteiger partial charge is 0.383 e. The minimum Gasteiger partial charge on any atom is -0.383 e. The number of para-hydroxylation sites is 1. The van der Waals surface area contributed by atoms with Crippen LogP contribution in [0, 0.1) is 6.92 Å². The predicted octanol–water partition coefficient (Wildman–Crippen LogP) is 2.81. The minimum absolute atomic E-state index is 0.117. The Morgan fingerprint density at radius 3 is 2.29 bits per heavy atom. The zero-order valence-corrected chi connectivity index (χ0v) is 19.3. The average Bonchev–Trinajstić information content (AvgIpc) is 2.84. The van der Waals surface area contributed by atoms with Crippen LogP contribution in [0.15, 0.2) is 82.4 Å². The predicted molar refractivity (Wildman–Crippen MR) is 133 cm³/mol. The van der Waals surface area contributed by atoms with Crippen LogP contribution in [0.25, 0.3) is 16.6 Å². The molecule has 4 rings (SSSR count). The van der Waals surface area contributed by atoms with E-state index in [0.717, 1.165) is 16.7 Å². The van der Waals surface area contributed by atoms with E-state index in [-0.39, 0.29) is 17.9 Å². The molecule has 34 heavy (non-hydrogen) atoms. The van der Waals surface area contributed by atoms with E-state index in [4.69, 9.17) is 4.74 Å².